The molecule has 0 N–H and O–H groups in total. The van der Waals surface area contributed by atoms with Gasteiger partial charge in [-0.3, -0.25) is 0 Å². The molecule has 1 saturated carbocycles. The summed E-state index contributed by atoms with van der Waals surface area (Å²) in [7, 11) is 0. The molecule has 1 aliphatic carbocycles. The van der Waals surface area contributed by atoms with E-state index >= 15 is 0 Å². The Hall–Kier alpha value is -5.08. The first-order chi connectivity index (χ1) is 24.4. The minimum Gasteiger partial charge on any atom is -0.337 e. The van der Waals surface area contributed by atoms with E-state index in [0.717, 1.165) is 13.1 Å². The lowest BCUT2D eigenvalue weighted by atomic mass is 9.65. The van der Waals surface area contributed by atoms with E-state index in [2.05, 4.69) is 183 Å². The van der Waals surface area contributed by atoms with E-state index in [1.807, 2.05) is 0 Å². The summed E-state index contributed by atoms with van der Waals surface area (Å²) in [6.45, 7) is 10.3. The summed E-state index contributed by atoms with van der Waals surface area (Å²) in [6.07, 6.45) is 6.26. The number of nitrogens with zero attached hydrogens (tertiary/aromatic N) is 2. The molecule has 0 unspecified atom stereocenters. The van der Waals surface area contributed by atoms with E-state index in [1.54, 1.807) is 0 Å². The number of hydrogen-bond acceptors (Lipinski definition) is 2. The number of hydrogen-bond donors (Lipinski definition) is 0. The molecule has 0 heterocycles. The lowest BCUT2D eigenvalue weighted by Crippen LogP contribution is -2.30. The molecule has 0 saturated heterocycles. The van der Waals surface area contributed by atoms with Crippen LogP contribution < -0.4 is 9.80 Å². The average Bonchev–Trinajstić information content (AvgIpc) is 3.15. The van der Waals surface area contributed by atoms with Crippen molar-refractivity contribution in [3.8, 4) is 0 Å². The number of benzene rings is 6. The van der Waals surface area contributed by atoms with Gasteiger partial charge in [0, 0.05) is 41.3 Å². The van der Waals surface area contributed by atoms with E-state index in [0.29, 0.717) is 0 Å². The van der Waals surface area contributed by atoms with E-state index in [4.69, 9.17) is 0 Å². The maximum Gasteiger partial charge on any atom is 0.0481 e. The SMILES string of the molecule is Cc1ccc(N(Cc2ccc(C3(c4ccc(CN(c5ccc(C)cc5)c5ccc(C)cc5)cc4)CCCCC3)cc2)c2ccc(C)cc2)cc1. The molecule has 2 nitrogen and oxygen atoms in total. The third kappa shape index (κ3) is 7.41. The van der Waals surface area contributed by atoms with Crippen molar-refractivity contribution in [2.45, 2.75) is 78.3 Å². The van der Waals surface area contributed by atoms with Gasteiger partial charge in [-0.1, -0.05) is 139 Å². The summed E-state index contributed by atoms with van der Waals surface area (Å²) < 4.78 is 0. The van der Waals surface area contributed by atoms with Gasteiger partial charge in [-0.05, 0) is 111 Å². The van der Waals surface area contributed by atoms with Crippen LogP contribution in [0.1, 0.15) is 76.6 Å². The largest absolute Gasteiger partial charge is 0.337 e. The number of anilines is 4. The molecular weight excluding hydrogens is 605 g/mol. The topological polar surface area (TPSA) is 6.48 Å². The summed E-state index contributed by atoms with van der Waals surface area (Å²) >= 11 is 0. The van der Waals surface area contributed by atoms with Crippen molar-refractivity contribution >= 4 is 22.7 Å². The predicted molar refractivity (Wildman–Crippen MR) is 213 cm³/mol. The second-order valence-electron chi connectivity index (χ2n) is 14.6. The van der Waals surface area contributed by atoms with E-state index in [-0.39, 0.29) is 5.41 Å². The van der Waals surface area contributed by atoms with Crippen LogP contribution in [0.5, 0.6) is 0 Å². The Kier molecular flexibility index (Phi) is 9.90. The van der Waals surface area contributed by atoms with Crippen molar-refractivity contribution in [2.75, 3.05) is 9.80 Å². The van der Waals surface area contributed by atoms with Crippen molar-refractivity contribution in [2.24, 2.45) is 0 Å². The van der Waals surface area contributed by atoms with Crippen molar-refractivity contribution in [3.05, 3.63) is 190 Å². The van der Waals surface area contributed by atoms with E-state index in [9.17, 15) is 0 Å². The van der Waals surface area contributed by atoms with Gasteiger partial charge in [0.05, 0.1) is 0 Å². The van der Waals surface area contributed by atoms with Crippen molar-refractivity contribution in [1.29, 1.82) is 0 Å². The third-order valence-corrected chi connectivity index (χ3v) is 10.8. The van der Waals surface area contributed by atoms with E-state index in [1.165, 1.54) is 99.4 Å². The summed E-state index contributed by atoms with van der Waals surface area (Å²) in [4.78, 5) is 4.86. The molecule has 0 radical (unpaired) electrons. The lowest BCUT2D eigenvalue weighted by Gasteiger charge is -2.39. The van der Waals surface area contributed by atoms with Crippen LogP contribution in [0.2, 0.25) is 0 Å². The third-order valence-electron chi connectivity index (χ3n) is 10.8. The molecule has 7 rings (SSSR count). The van der Waals surface area contributed by atoms with Crippen LogP contribution in [-0.4, -0.2) is 0 Å². The lowest BCUT2D eigenvalue weighted by molar-refractivity contribution is 0.346. The second-order valence-corrected chi connectivity index (χ2v) is 14.6. The Morgan fingerprint density at radius 2 is 0.640 bits per heavy atom. The highest BCUT2D eigenvalue weighted by molar-refractivity contribution is 5.65. The van der Waals surface area contributed by atoms with Gasteiger partial charge >= 0.3 is 0 Å². The van der Waals surface area contributed by atoms with Crippen LogP contribution >= 0.6 is 0 Å². The molecule has 0 spiro atoms. The Bertz CT molecular complexity index is 1730. The monoisotopic (exact) mass is 654 g/mol. The molecule has 252 valence electrons. The zero-order valence-electron chi connectivity index (χ0n) is 30.2. The Labute approximate surface area is 300 Å². The first-order valence-electron chi connectivity index (χ1n) is 18.4. The zero-order valence-corrected chi connectivity index (χ0v) is 30.2. The molecule has 6 aromatic rings. The quantitative estimate of drug-likeness (QED) is 0.145. The zero-order chi connectivity index (χ0) is 34.5. The molecule has 0 aromatic heterocycles. The second kappa shape index (κ2) is 14.8. The van der Waals surface area contributed by atoms with Crippen molar-refractivity contribution in [3.63, 3.8) is 0 Å². The van der Waals surface area contributed by atoms with Crippen LogP contribution in [0.3, 0.4) is 0 Å². The van der Waals surface area contributed by atoms with Gasteiger partial charge in [-0.15, -0.1) is 0 Å². The first-order valence-corrected chi connectivity index (χ1v) is 18.4. The fourth-order valence-electron chi connectivity index (χ4n) is 7.69. The number of aryl methyl sites for hydroxylation is 4. The molecule has 0 bridgehead atoms. The van der Waals surface area contributed by atoms with Gasteiger partial charge < -0.3 is 9.80 Å². The van der Waals surface area contributed by atoms with Crippen LogP contribution in [0.25, 0.3) is 0 Å². The van der Waals surface area contributed by atoms with E-state index < -0.39 is 0 Å². The fourth-order valence-corrected chi connectivity index (χ4v) is 7.69. The molecule has 0 atom stereocenters. The molecular formula is C48H50N2. The fraction of sp³-hybridized carbons (Fsp3) is 0.250. The Balaban J connectivity index is 1.15. The predicted octanol–water partition coefficient (Wildman–Crippen LogP) is 12.8. The summed E-state index contributed by atoms with van der Waals surface area (Å²) in [5.41, 5.74) is 15.6. The highest BCUT2D eigenvalue weighted by Crippen LogP contribution is 2.45. The highest BCUT2D eigenvalue weighted by atomic mass is 15.1. The Morgan fingerprint density at radius 3 is 0.920 bits per heavy atom. The molecule has 0 aliphatic heterocycles. The number of rotatable bonds is 10. The van der Waals surface area contributed by atoms with Crippen LogP contribution in [0.15, 0.2) is 146 Å². The van der Waals surface area contributed by atoms with Crippen molar-refractivity contribution < 1.29 is 0 Å². The first kappa shape index (κ1) is 33.4. The molecule has 50 heavy (non-hydrogen) atoms. The van der Waals surface area contributed by atoms with Crippen LogP contribution in [0, 0.1) is 27.7 Å². The van der Waals surface area contributed by atoms with Gasteiger partial charge in [0.2, 0.25) is 0 Å². The highest BCUT2D eigenvalue weighted by Gasteiger charge is 2.35. The van der Waals surface area contributed by atoms with Gasteiger partial charge in [-0.2, -0.15) is 0 Å². The standard InChI is InChI=1S/C48H50N2/c1-36-8-24-44(25-9-36)49(45-26-10-37(2)11-27-45)34-40-16-20-42(21-17-40)48(32-6-5-7-33-48)43-22-18-41(19-23-43)35-50(46-28-12-38(3)13-29-46)47-30-14-39(4)15-31-47/h8-31H,5-7,32-35H2,1-4H3. The van der Waals surface area contributed by atoms with Crippen molar-refractivity contribution in [1.82, 2.24) is 0 Å². The van der Waals surface area contributed by atoms with Gasteiger partial charge in [0.25, 0.3) is 0 Å². The molecule has 2 heteroatoms. The summed E-state index contributed by atoms with van der Waals surface area (Å²) in [5, 5.41) is 0. The maximum absolute atomic E-state index is 2.43. The average molecular weight is 655 g/mol. The summed E-state index contributed by atoms with van der Waals surface area (Å²) in [5.74, 6) is 0. The molecule has 1 aliphatic rings. The van der Waals surface area contributed by atoms with Crippen LogP contribution in [0.4, 0.5) is 22.7 Å². The van der Waals surface area contributed by atoms with Gasteiger partial charge in [-0.25, -0.2) is 0 Å². The van der Waals surface area contributed by atoms with Gasteiger partial charge in [0.1, 0.15) is 0 Å². The van der Waals surface area contributed by atoms with Crippen LogP contribution in [-0.2, 0) is 18.5 Å². The maximum atomic E-state index is 2.43. The van der Waals surface area contributed by atoms with Gasteiger partial charge in [0.15, 0.2) is 0 Å². The molecule has 1 fully saturated rings. The molecule has 6 aromatic carbocycles. The minimum atomic E-state index is 0.0521. The minimum absolute atomic E-state index is 0.0521. The Morgan fingerprint density at radius 1 is 0.360 bits per heavy atom. The smallest absolute Gasteiger partial charge is 0.0481 e. The summed E-state index contributed by atoms with van der Waals surface area (Å²) in [6, 6.07) is 54.8. The normalized spacial score (nSPS) is 13.9. The molecule has 0 amide bonds.